The van der Waals surface area contributed by atoms with E-state index < -0.39 is 0 Å². The van der Waals surface area contributed by atoms with E-state index in [1.54, 1.807) is 0 Å². The summed E-state index contributed by atoms with van der Waals surface area (Å²) in [5.74, 6) is 0. The van der Waals surface area contributed by atoms with E-state index in [1.807, 2.05) is 19.1 Å². The summed E-state index contributed by atoms with van der Waals surface area (Å²) in [6, 6.07) is 6.57. The van der Waals surface area contributed by atoms with Crippen LogP contribution in [0.25, 0.3) is 0 Å². The van der Waals surface area contributed by atoms with Crippen molar-refractivity contribution in [3.05, 3.63) is 71.3 Å². The molecular weight excluding hydrogens is 192 g/mol. The third-order valence-electron chi connectivity index (χ3n) is 2.61. The van der Waals surface area contributed by atoms with E-state index in [1.165, 1.54) is 16.7 Å². The molecular formula is C16H20. The first-order valence-corrected chi connectivity index (χ1v) is 5.56. The Morgan fingerprint density at radius 2 is 1.81 bits per heavy atom. The minimum atomic E-state index is 0.908. The summed E-state index contributed by atoms with van der Waals surface area (Å²) in [5.41, 5.74) is 6.17. The third kappa shape index (κ3) is 3.90. The lowest BCUT2D eigenvalue weighted by molar-refractivity contribution is 1.18. The maximum atomic E-state index is 4.05. The van der Waals surface area contributed by atoms with Crippen molar-refractivity contribution in [2.45, 2.75) is 27.2 Å². The molecule has 0 fully saturated rings. The number of hydrogen-bond acceptors (Lipinski definition) is 0. The predicted molar refractivity (Wildman–Crippen MR) is 72.7 cm³/mol. The van der Waals surface area contributed by atoms with Crippen LogP contribution in [0.4, 0.5) is 0 Å². The van der Waals surface area contributed by atoms with Crippen LogP contribution in [0.1, 0.15) is 23.6 Å². The van der Waals surface area contributed by atoms with Crippen molar-refractivity contribution < 1.29 is 0 Å². The van der Waals surface area contributed by atoms with Crippen molar-refractivity contribution >= 4 is 0 Å². The highest BCUT2D eigenvalue weighted by atomic mass is 14.0. The monoisotopic (exact) mass is 212 g/mol. The van der Waals surface area contributed by atoms with Gasteiger partial charge in [0.05, 0.1) is 0 Å². The van der Waals surface area contributed by atoms with Gasteiger partial charge in [0.1, 0.15) is 0 Å². The Labute approximate surface area is 99.0 Å². The quantitative estimate of drug-likeness (QED) is 0.643. The molecule has 0 unspecified atom stereocenters. The highest BCUT2D eigenvalue weighted by molar-refractivity contribution is 5.34. The molecule has 0 N–H and O–H groups in total. The fourth-order valence-corrected chi connectivity index (χ4v) is 1.49. The zero-order valence-corrected chi connectivity index (χ0v) is 10.5. The Balaban J connectivity index is 2.70. The van der Waals surface area contributed by atoms with Gasteiger partial charge < -0.3 is 0 Å². The zero-order chi connectivity index (χ0) is 12.1. The van der Waals surface area contributed by atoms with E-state index >= 15 is 0 Å². The molecule has 0 amide bonds. The molecule has 0 heterocycles. The van der Waals surface area contributed by atoms with E-state index in [9.17, 15) is 0 Å². The fourth-order valence-electron chi connectivity index (χ4n) is 1.49. The van der Waals surface area contributed by atoms with Gasteiger partial charge in [-0.15, -0.1) is 0 Å². The number of benzene rings is 1. The molecule has 84 valence electrons. The van der Waals surface area contributed by atoms with Gasteiger partial charge in [0.15, 0.2) is 0 Å². The molecule has 0 radical (unpaired) electrons. The predicted octanol–water partition coefficient (Wildman–Crippen LogP) is 4.53. The maximum Gasteiger partial charge on any atom is -0.00315 e. The summed E-state index contributed by atoms with van der Waals surface area (Å²) < 4.78 is 0. The molecule has 0 aromatic heterocycles. The lowest BCUT2D eigenvalue weighted by Gasteiger charge is -2.05. The SMILES string of the molecule is C=C(C)/C=C\C(=C)Cc1ccc(C)c(C)c1. The summed E-state index contributed by atoms with van der Waals surface area (Å²) >= 11 is 0. The molecule has 0 heteroatoms. The number of aryl methyl sites for hydroxylation is 2. The van der Waals surface area contributed by atoms with E-state index in [0.29, 0.717) is 0 Å². The van der Waals surface area contributed by atoms with Crippen LogP contribution in [0.5, 0.6) is 0 Å². The van der Waals surface area contributed by atoms with Crippen LogP contribution in [0.15, 0.2) is 54.7 Å². The van der Waals surface area contributed by atoms with Crippen molar-refractivity contribution in [2.75, 3.05) is 0 Å². The van der Waals surface area contributed by atoms with Gasteiger partial charge in [0.2, 0.25) is 0 Å². The second-order valence-corrected chi connectivity index (χ2v) is 4.43. The molecule has 0 aliphatic carbocycles. The van der Waals surface area contributed by atoms with Gasteiger partial charge in [-0.3, -0.25) is 0 Å². The molecule has 0 bridgehead atoms. The second kappa shape index (κ2) is 5.50. The van der Waals surface area contributed by atoms with Crippen LogP contribution >= 0.6 is 0 Å². The molecule has 0 atom stereocenters. The van der Waals surface area contributed by atoms with Crippen LogP contribution < -0.4 is 0 Å². The van der Waals surface area contributed by atoms with E-state index in [4.69, 9.17) is 0 Å². The van der Waals surface area contributed by atoms with Crippen LogP contribution in [0.2, 0.25) is 0 Å². The standard InChI is InChI=1S/C16H20/c1-12(2)6-7-13(3)10-16-9-8-14(4)15(5)11-16/h6-9,11H,1,3,10H2,2,4-5H3/b7-6-. The fraction of sp³-hybridized carbons (Fsp3) is 0.250. The molecule has 0 spiro atoms. The zero-order valence-electron chi connectivity index (χ0n) is 10.5. The normalized spacial score (nSPS) is 10.7. The molecule has 0 saturated heterocycles. The van der Waals surface area contributed by atoms with E-state index in [-0.39, 0.29) is 0 Å². The van der Waals surface area contributed by atoms with Crippen molar-refractivity contribution in [1.82, 2.24) is 0 Å². The summed E-state index contributed by atoms with van der Waals surface area (Å²) in [7, 11) is 0. The molecule has 1 rings (SSSR count). The number of hydrogen-bond donors (Lipinski definition) is 0. The molecule has 16 heavy (non-hydrogen) atoms. The number of rotatable bonds is 4. The molecule has 1 aromatic carbocycles. The summed E-state index contributed by atoms with van der Waals surface area (Å²) in [6.07, 6.45) is 4.95. The smallest absolute Gasteiger partial charge is 0.00315 e. The molecule has 0 aliphatic rings. The third-order valence-corrected chi connectivity index (χ3v) is 2.61. The average Bonchev–Trinajstić information content (AvgIpc) is 2.21. The van der Waals surface area contributed by atoms with Gasteiger partial charge in [-0.05, 0) is 43.9 Å². The lowest BCUT2D eigenvalue weighted by Crippen LogP contribution is -1.89. The largest absolute Gasteiger partial charge is 0.0961 e. The summed E-state index contributed by atoms with van der Waals surface area (Å²) in [6.45, 7) is 14.1. The van der Waals surface area contributed by atoms with Gasteiger partial charge in [-0.25, -0.2) is 0 Å². The first kappa shape index (κ1) is 12.5. The van der Waals surface area contributed by atoms with E-state index in [0.717, 1.165) is 17.6 Å². The second-order valence-electron chi connectivity index (χ2n) is 4.43. The summed E-state index contributed by atoms with van der Waals surface area (Å²) in [5, 5.41) is 0. The van der Waals surface area contributed by atoms with Crippen molar-refractivity contribution in [2.24, 2.45) is 0 Å². The van der Waals surface area contributed by atoms with Gasteiger partial charge in [0, 0.05) is 0 Å². The number of allylic oxidation sites excluding steroid dienone is 4. The topological polar surface area (TPSA) is 0 Å². The Morgan fingerprint density at radius 3 is 2.38 bits per heavy atom. The van der Waals surface area contributed by atoms with Crippen molar-refractivity contribution in [1.29, 1.82) is 0 Å². The minimum absolute atomic E-state index is 0.908. The highest BCUT2D eigenvalue weighted by Gasteiger charge is 1.97. The first-order chi connectivity index (χ1) is 7.49. The molecule has 1 aromatic rings. The van der Waals surface area contributed by atoms with Gasteiger partial charge >= 0.3 is 0 Å². The average molecular weight is 212 g/mol. The lowest BCUT2D eigenvalue weighted by atomic mass is 10.0. The molecule has 0 nitrogen and oxygen atoms in total. The highest BCUT2D eigenvalue weighted by Crippen LogP contribution is 2.13. The van der Waals surface area contributed by atoms with Gasteiger partial charge in [0.25, 0.3) is 0 Å². The van der Waals surface area contributed by atoms with E-state index in [2.05, 4.69) is 45.2 Å². The molecule has 0 aliphatic heterocycles. The van der Waals surface area contributed by atoms with Gasteiger partial charge in [-0.1, -0.05) is 54.7 Å². The maximum absolute atomic E-state index is 4.05. The minimum Gasteiger partial charge on any atom is -0.0961 e. The van der Waals surface area contributed by atoms with Gasteiger partial charge in [-0.2, -0.15) is 0 Å². The van der Waals surface area contributed by atoms with Crippen LogP contribution in [0, 0.1) is 13.8 Å². The Hall–Kier alpha value is -1.56. The Bertz CT molecular complexity index is 433. The Morgan fingerprint density at radius 1 is 1.12 bits per heavy atom. The first-order valence-electron chi connectivity index (χ1n) is 5.56. The van der Waals surface area contributed by atoms with Crippen LogP contribution in [0.3, 0.4) is 0 Å². The van der Waals surface area contributed by atoms with Crippen molar-refractivity contribution in [3.8, 4) is 0 Å². The summed E-state index contributed by atoms with van der Waals surface area (Å²) in [4.78, 5) is 0. The molecule has 0 saturated carbocycles. The van der Waals surface area contributed by atoms with Crippen LogP contribution in [-0.4, -0.2) is 0 Å². The Kier molecular flexibility index (Phi) is 4.30. The van der Waals surface area contributed by atoms with Crippen molar-refractivity contribution in [3.63, 3.8) is 0 Å². The van der Waals surface area contributed by atoms with Crippen LogP contribution in [-0.2, 0) is 6.42 Å².